The molecule has 65 heavy (non-hydrogen) atoms. The number of ether oxygens (including phenoxy) is 4. The van der Waals surface area contributed by atoms with E-state index in [2.05, 4.69) is 36.1 Å². The summed E-state index contributed by atoms with van der Waals surface area (Å²) in [5.74, 6) is -7.42. The van der Waals surface area contributed by atoms with Crippen molar-refractivity contribution in [2.45, 2.75) is 18.8 Å². The standard InChI is InChI=1S/C44H34F2N6O13/c1-62-37-29(15-13-27(35(37)54)41(58)51-30-16-14-28(43(60)61)36(55)38(30)63-2)50-39(56)23-7-11-26(12-8-23)49-42(59)31(19-20-47)52-40(57)24-5-9-25(10-6-24)48-34(53)18-4-22-3-17-32-33(21-22)65-44(45,46)64-32/h3-18,21,31,54-55H,19H2,1-2H3,(H,48,53)(H,49,59)(H,50,56)(H,51,58)(H,52,57)(H,60,61)/b18-4+/t31-/m0/s1. The maximum absolute atomic E-state index is 13.3. The van der Waals surface area contributed by atoms with Gasteiger partial charge in [0.15, 0.2) is 34.5 Å². The second kappa shape index (κ2) is 19.2. The summed E-state index contributed by atoms with van der Waals surface area (Å²) in [6.45, 7) is 0. The van der Waals surface area contributed by atoms with Gasteiger partial charge in [0.2, 0.25) is 11.8 Å². The molecule has 1 aliphatic heterocycles. The Hall–Kier alpha value is -9.19. The fourth-order valence-corrected chi connectivity index (χ4v) is 6.10. The maximum atomic E-state index is 13.3. The van der Waals surface area contributed by atoms with Crippen LogP contribution in [-0.4, -0.2) is 77.4 Å². The van der Waals surface area contributed by atoms with E-state index >= 15 is 0 Å². The minimum Gasteiger partial charge on any atom is -0.504 e. The van der Waals surface area contributed by atoms with E-state index < -0.39 is 71.3 Å². The molecule has 0 saturated heterocycles. The van der Waals surface area contributed by atoms with Crippen molar-refractivity contribution in [3.63, 3.8) is 0 Å². The van der Waals surface area contributed by atoms with Crippen LogP contribution in [0, 0.1) is 11.3 Å². The molecule has 0 fully saturated rings. The van der Waals surface area contributed by atoms with Gasteiger partial charge in [-0.15, -0.1) is 8.78 Å². The molecule has 0 radical (unpaired) electrons. The zero-order chi connectivity index (χ0) is 47.0. The second-order valence-electron chi connectivity index (χ2n) is 13.5. The predicted molar refractivity (Wildman–Crippen MR) is 225 cm³/mol. The van der Waals surface area contributed by atoms with Gasteiger partial charge in [0, 0.05) is 28.6 Å². The van der Waals surface area contributed by atoms with Gasteiger partial charge in [-0.05, 0) is 96.6 Å². The molecule has 5 aromatic rings. The molecule has 0 saturated carbocycles. The lowest BCUT2D eigenvalue weighted by molar-refractivity contribution is -0.286. The van der Waals surface area contributed by atoms with Crippen molar-refractivity contribution in [1.29, 1.82) is 5.26 Å². The summed E-state index contributed by atoms with van der Waals surface area (Å²) in [4.78, 5) is 76.3. The van der Waals surface area contributed by atoms with Crippen LogP contribution in [0.3, 0.4) is 0 Å². The van der Waals surface area contributed by atoms with E-state index in [0.29, 0.717) is 11.3 Å². The summed E-state index contributed by atoms with van der Waals surface area (Å²) in [7, 11) is 2.33. The monoisotopic (exact) mass is 892 g/mol. The van der Waals surface area contributed by atoms with E-state index in [4.69, 9.17) is 9.47 Å². The number of aromatic carboxylic acids is 1. The van der Waals surface area contributed by atoms with Crippen LogP contribution >= 0.6 is 0 Å². The molecule has 5 amide bonds. The number of carbonyl (C=O) groups excluding carboxylic acids is 5. The number of nitrogens with one attached hydrogen (secondary N) is 5. The first-order valence-electron chi connectivity index (χ1n) is 18.7. The number of aromatic hydroxyl groups is 2. The summed E-state index contributed by atoms with van der Waals surface area (Å²) in [6.07, 6.45) is -1.66. The molecule has 0 unspecified atom stereocenters. The molecule has 0 bridgehead atoms. The molecular formula is C44H34F2N6O13. The lowest BCUT2D eigenvalue weighted by Crippen LogP contribution is -2.43. The number of phenolic OH excluding ortho intramolecular Hbond substituents is 1. The normalized spacial score (nSPS) is 12.5. The van der Waals surface area contributed by atoms with Crippen LogP contribution in [0.1, 0.15) is 53.4 Å². The molecule has 1 aliphatic rings. The number of methoxy groups -OCH3 is 2. The van der Waals surface area contributed by atoms with Gasteiger partial charge < -0.3 is 60.9 Å². The van der Waals surface area contributed by atoms with Crippen LogP contribution in [0.5, 0.6) is 34.5 Å². The summed E-state index contributed by atoms with van der Waals surface area (Å²) in [6, 6.07) is 20.3. The summed E-state index contributed by atoms with van der Waals surface area (Å²) in [5, 5.41) is 52.4. The number of carbonyl (C=O) groups is 6. The zero-order valence-electron chi connectivity index (χ0n) is 33.7. The van der Waals surface area contributed by atoms with Crippen LogP contribution in [-0.2, 0) is 9.59 Å². The number of fused-ring (bicyclic) bond motifs is 1. The SMILES string of the molecule is COc1c(NC(=O)c2ccc(NC(=O)c3ccc(NC(=O)[C@H](CC#N)NC(=O)c4ccc(NC(=O)/C=C/c5ccc6c(c5)OC(F)(F)O6)cc4)cc3)c(OC)c2O)ccc(C(=O)O)c1O. The quantitative estimate of drug-likeness (QED) is 0.0565. The number of nitrogens with zero attached hydrogens (tertiary/aromatic N) is 1. The Balaban J connectivity index is 1.02. The molecule has 332 valence electrons. The highest BCUT2D eigenvalue weighted by Crippen LogP contribution is 2.42. The first-order valence-corrected chi connectivity index (χ1v) is 18.7. The van der Waals surface area contributed by atoms with E-state index in [-0.39, 0.29) is 56.8 Å². The number of alkyl halides is 2. The Kier molecular flexibility index (Phi) is 13.4. The van der Waals surface area contributed by atoms with Gasteiger partial charge in [-0.1, -0.05) is 6.07 Å². The van der Waals surface area contributed by atoms with Gasteiger partial charge in [-0.25, -0.2) is 4.79 Å². The number of benzene rings is 5. The number of carboxylic acids is 1. The van der Waals surface area contributed by atoms with Gasteiger partial charge in [0.1, 0.15) is 11.6 Å². The van der Waals surface area contributed by atoms with E-state index in [1.54, 1.807) is 0 Å². The molecule has 6 rings (SSSR count). The molecule has 0 aromatic heterocycles. The van der Waals surface area contributed by atoms with Crippen molar-refractivity contribution >= 4 is 64.3 Å². The van der Waals surface area contributed by atoms with Crippen LogP contribution in [0.15, 0.2) is 97.1 Å². The van der Waals surface area contributed by atoms with Crippen molar-refractivity contribution in [3.05, 3.63) is 125 Å². The van der Waals surface area contributed by atoms with Gasteiger partial charge in [-0.3, -0.25) is 24.0 Å². The number of nitriles is 1. The Morgan fingerprint density at radius 3 is 1.83 bits per heavy atom. The summed E-state index contributed by atoms with van der Waals surface area (Å²) in [5.41, 5.74) is 0.127. The third-order valence-corrected chi connectivity index (χ3v) is 9.24. The van der Waals surface area contributed by atoms with E-state index in [9.17, 15) is 58.1 Å². The van der Waals surface area contributed by atoms with Gasteiger partial charge in [0.05, 0.1) is 43.6 Å². The number of halogens is 2. The highest BCUT2D eigenvalue weighted by Gasteiger charge is 2.43. The Morgan fingerprint density at radius 1 is 0.708 bits per heavy atom. The Morgan fingerprint density at radius 2 is 1.25 bits per heavy atom. The Bertz CT molecular complexity index is 2790. The van der Waals surface area contributed by atoms with Crippen LogP contribution in [0.25, 0.3) is 6.08 Å². The molecule has 8 N–H and O–H groups in total. The second-order valence-corrected chi connectivity index (χ2v) is 13.5. The molecule has 1 heterocycles. The fourth-order valence-electron chi connectivity index (χ4n) is 6.10. The number of anilines is 4. The van der Waals surface area contributed by atoms with Crippen LogP contribution in [0.4, 0.5) is 31.5 Å². The molecule has 5 aromatic carbocycles. The van der Waals surface area contributed by atoms with Crippen LogP contribution in [0.2, 0.25) is 0 Å². The Labute approximate surface area is 365 Å². The maximum Gasteiger partial charge on any atom is 0.586 e. The number of hydrogen-bond donors (Lipinski definition) is 8. The van der Waals surface area contributed by atoms with Crippen LogP contribution < -0.4 is 45.5 Å². The third kappa shape index (κ3) is 10.6. The van der Waals surface area contributed by atoms with Crippen molar-refractivity contribution in [2.75, 3.05) is 35.5 Å². The van der Waals surface area contributed by atoms with Crippen molar-refractivity contribution < 1.29 is 71.8 Å². The highest BCUT2D eigenvalue weighted by molar-refractivity contribution is 6.10. The van der Waals surface area contributed by atoms with Gasteiger partial charge in [-0.2, -0.15) is 5.26 Å². The van der Waals surface area contributed by atoms with Crippen molar-refractivity contribution in [3.8, 4) is 40.6 Å². The number of hydrogen-bond acceptors (Lipinski definition) is 13. The predicted octanol–water partition coefficient (Wildman–Crippen LogP) is 5.94. The van der Waals surface area contributed by atoms with E-state index in [1.807, 2.05) is 6.07 Å². The molecular weight excluding hydrogens is 859 g/mol. The van der Waals surface area contributed by atoms with Crippen molar-refractivity contribution in [2.24, 2.45) is 0 Å². The molecule has 0 spiro atoms. The summed E-state index contributed by atoms with van der Waals surface area (Å²) >= 11 is 0. The van der Waals surface area contributed by atoms with Crippen molar-refractivity contribution in [1.82, 2.24) is 5.32 Å². The first-order chi connectivity index (χ1) is 31.0. The minimum atomic E-state index is -3.78. The smallest absolute Gasteiger partial charge is 0.504 e. The number of rotatable bonds is 15. The highest BCUT2D eigenvalue weighted by atomic mass is 19.3. The number of amides is 5. The minimum absolute atomic E-state index is 0.0365. The third-order valence-electron chi connectivity index (χ3n) is 9.24. The van der Waals surface area contributed by atoms with E-state index in [0.717, 1.165) is 19.3 Å². The average molecular weight is 893 g/mol. The average Bonchev–Trinajstić information content (AvgIpc) is 3.59. The molecule has 1 atom stereocenters. The molecule has 21 heteroatoms. The molecule has 0 aliphatic carbocycles. The largest absolute Gasteiger partial charge is 0.586 e. The zero-order valence-corrected chi connectivity index (χ0v) is 33.7. The lowest BCUT2D eigenvalue weighted by Gasteiger charge is -2.17. The first kappa shape index (κ1) is 45.3. The number of phenols is 2. The fraction of sp³-hybridized carbons (Fsp3) is 0.114. The van der Waals surface area contributed by atoms with Gasteiger partial charge >= 0.3 is 12.3 Å². The van der Waals surface area contributed by atoms with E-state index in [1.165, 1.54) is 98.1 Å². The number of carboxylic acid groups (broad SMARTS) is 1. The molecule has 19 nitrogen and oxygen atoms in total. The topological polar surface area (TPSA) is 284 Å². The van der Waals surface area contributed by atoms with Gasteiger partial charge in [0.25, 0.3) is 17.7 Å². The lowest BCUT2D eigenvalue weighted by atomic mass is 10.1. The summed E-state index contributed by atoms with van der Waals surface area (Å²) < 4.78 is 45.6.